The number of amides is 2. The van der Waals surface area contributed by atoms with E-state index in [0.717, 1.165) is 21.4 Å². The lowest BCUT2D eigenvalue weighted by Gasteiger charge is -2.17. The van der Waals surface area contributed by atoms with Gasteiger partial charge in [0.05, 0.1) is 6.54 Å². The van der Waals surface area contributed by atoms with Gasteiger partial charge in [-0.25, -0.2) is 4.98 Å². The summed E-state index contributed by atoms with van der Waals surface area (Å²) in [6.07, 6.45) is 0. The molecule has 0 atom stereocenters. The van der Waals surface area contributed by atoms with Crippen LogP contribution in [0.15, 0.2) is 40.9 Å². The second-order valence-corrected chi connectivity index (χ2v) is 6.25. The van der Waals surface area contributed by atoms with Crippen molar-refractivity contribution in [3.8, 4) is 0 Å². The number of nitrogens with zero attached hydrogens (tertiary/aromatic N) is 2. The van der Waals surface area contributed by atoms with Gasteiger partial charge in [0.25, 0.3) is 5.91 Å². The first-order valence-corrected chi connectivity index (χ1v) is 7.91. The van der Waals surface area contributed by atoms with Crippen molar-refractivity contribution in [1.29, 1.82) is 0 Å². The van der Waals surface area contributed by atoms with Crippen molar-refractivity contribution >= 4 is 33.4 Å². The zero-order valence-corrected chi connectivity index (χ0v) is 14.8. The van der Waals surface area contributed by atoms with E-state index in [2.05, 4.69) is 26.2 Å². The number of pyridine rings is 1. The monoisotopic (exact) mass is 375 g/mol. The molecule has 0 aliphatic rings. The number of carbonyl (C=O) groups excluding carboxylic acids is 2. The number of nitrogens with one attached hydrogen (secondary N) is 1. The van der Waals surface area contributed by atoms with Crippen LogP contribution >= 0.6 is 15.9 Å². The molecule has 5 nitrogen and oxygen atoms in total. The number of benzene rings is 1. The Bertz CT molecular complexity index is 746. The summed E-state index contributed by atoms with van der Waals surface area (Å²) >= 11 is 3.38. The van der Waals surface area contributed by atoms with Crippen LogP contribution < -0.4 is 5.32 Å². The molecule has 2 amide bonds. The summed E-state index contributed by atoms with van der Waals surface area (Å²) in [4.78, 5) is 29.9. The number of aromatic nitrogens is 1. The van der Waals surface area contributed by atoms with E-state index < -0.39 is 0 Å². The molecular weight excluding hydrogens is 358 g/mol. The highest BCUT2D eigenvalue weighted by molar-refractivity contribution is 9.10. The van der Waals surface area contributed by atoms with Gasteiger partial charge < -0.3 is 10.2 Å². The minimum atomic E-state index is -0.281. The highest BCUT2D eigenvalue weighted by atomic mass is 79.9. The molecule has 1 aromatic carbocycles. The molecule has 0 fully saturated rings. The minimum absolute atomic E-state index is 0.0377. The molecule has 1 aromatic heterocycles. The molecule has 2 rings (SSSR count). The van der Waals surface area contributed by atoms with Gasteiger partial charge in [-0.15, -0.1) is 0 Å². The lowest BCUT2D eigenvalue weighted by Crippen LogP contribution is -2.35. The lowest BCUT2D eigenvalue weighted by atomic mass is 10.2. The summed E-state index contributed by atoms with van der Waals surface area (Å²) in [5.41, 5.74) is 2.77. The van der Waals surface area contributed by atoms with Crippen molar-refractivity contribution < 1.29 is 9.59 Å². The first-order chi connectivity index (χ1) is 10.9. The van der Waals surface area contributed by atoms with E-state index in [1.165, 1.54) is 4.90 Å². The van der Waals surface area contributed by atoms with Crippen molar-refractivity contribution in [2.75, 3.05) is 18.9 Å². The number of carbonyl (C=O) groups is 2. The Balaban J connectivity index is 2.00. The molecule has 23 heavy (non-hydrogen) atoms. The summed E-state index contributed by atoms with van der Waals surface area (Å²) in [5.74, 6) is -0.532. The molecular formula is C17H18BrN3O2. The maximum atomic E-state index is 12.3. The first kappa shape index (κ1) is 17.1. The van der Waals surface area contributed by atoms with Crippen LogP contribution in [-0.2, 0) is 4.79 Å². The average Bonchev–Trinajstić information content (AvgIpc) is 2.49. The van der Waals surface area contributed by atoms with Crippen LogP contribution in [-0.4, -0.2) is 35.3 Å². The van der Waals surface area contributed by atoms with Gasteiger partial charge in [-0.05, 0) is 49.7 Å². The Morgan fingerprint density at radius 1 is 1.22 bits per heavy atom. The standard InChI is InChI=1S/C17H18BrN3O2/c1-11-9-13(18)7-8-14(11)20-16(22)10-21(3)17(23)15-6-4-5-12(2)19-15/h4-9H,10H2,1-3H3,(H,20,22). The molecule has 6 heteroatoms. The van der Waals surface area contributed by atoms with E-state index in [4.69, 9.17) is 0 Å². The maximum absolute atomic E-state index is 12.3. The van der Waals surface area contributed by atoms with Crippen LogP contribution in [0, 0.1) is 13.8 Å². The molecule has 1 heterocycles. The number of aryl methyl sites for hydroxylation is 2. The number of rotatable bonds is 4. The topological polar surface area (TPSA) is 62.3 Å². The van der Waals surface area contributed by atoms with Crippen molar-refractivity contribution in [2.45, 2.75) is 13.8 Å². The number of halogens is 1. The predicted octanol–water partition coefficient (Wildman–Crippen LogP) is 3.17. The SMILES string of the molecule is Cc1cccc(C(=O)N(C)CC(=O)Nc2ccc(Br)cc2C)n1. The molecule has 0 spiro atoms. The molecule has 120 valence electrons. The third-order valence-corrected chi connectivity index (χ3v) is 3.79. The van der Waals surface area contributed by atoms with Gasteiger partial charge in [-0.1, -0.05) is 22.0 Å². The molecule has 0 bridgehead atoms. The van der Waals surface area contributed by atoms with Crippen molar-refractivity contribution in [3.63, 3.8) is 0 Å². The van der Waals surface area contributed by atoms with E-state index in [1.807, 2.05) is 38.1 Å². The van der Waals surface area contributed by atoms with E-state index >= 15 is 0 Å². The van der Waals surface area contributed by atoms with Crippen LogP contribution in [0.5, 0.6) is 0 Å². The molecule has 0 radical (unpaired) electrons. The Kier molecular flexibility index (Phi) is 5.50. The van der Waals surface area contributed by atoms with Crippen LogP contribution in [0.2, 0.25) is 0 Å². The van der Waals surface area contributed by atoms with Crippen LogP contribution in [0.3, 0.4) is 0 Å². The quantitative estimate of drug-likeness (QED) is 0.892. The smallest absolute Gasteiger partial charge is 0.272 e. The third-order valence-electron chi connectivity index (χ3n) is 3.30. The molecule has 0 aliphatic heterocycles. The van der Waals surface area contributed by atoms with Gasteiger partial charge in [-0.2, -0.15) is 0 Å². The molecule has 0 saturated heterocycles. The minimum Gasteiger partial charge on any atom is -0.331 e. The van der Waals surface area contributed by atoms with Gasteiger partial charge >= 0.3 is 0 Å². The number of anilines is 1. The Morgan fingerprint density at radius 3 is 2.61 bits per heavy atom. The molecule has 1 N–H and O–H groups in total. The summed E-state index contributed by atoms with van der Waals surface area (Å²) in [6, 6.07) is 10.8. The Labute approximate surface area is 143 Å². The maximum Gasteiger partial charge on any atom is 0.272 e. The first-order valence-electron chi connectivity index (χ1n) is 7.12. The van der Waals surface area contributed by atoms with Crippen molar-refractivity contribution in [2.24, 2.45) is 0 Å². The highest BCUT2D eigenvalue weighted by Crippen LogP contribution is 2.19. The van der Waals surface area contributed by atoms with Gasteiger partial charge in [0.2, 0.25) is 5.91 Å². The second kappa shape index (κ2) is 7.37. The molecule has 0 unspecified atom stereocenters. The van der Waals surface area contributed by atoms with Crippen LogP contribution in [0.25, 0.3) is 0 Å². The summed E-state index contributed by atoms with van der Waals surface area (Å²) < 4.78 is 0.950. The highest BCUT2D eigenvalue weighted by Gasteiger charge is 2.16. The Hall–Kier alpha value is -2.21. The summed E-state index contributed by atoms with van der Waals surface area (Å²) in [5, 5.41) is 2.81. The van der Waals surface area contributed by atoms with E-state index in [0.29, 0.717) is 5.69 Å². The molecule has 2 aromatic rings. The fourth-order valence-corrected chi connectivity index (χ4v) is 2.58. The zero-order valence-electron chi connectivity index (χ0n) is 13.3. The zero-order chi connectivity index (χ0) is 17.0. The summed E-state index contributed by atoms with van der Waals surface area (Å²) in [7, 11) is 1.58. The van der Waals surface area contributed by atoms with Crippen molar-refractivity contribution in [1.82, 2.24) is 9.88 Å². The van der Waals surface area contributed by atoms with Gasteiger partial charge in [0.1, 0.15) is 5.69 Å². The largest absolute Gasteiger partial charge is 0.331 e. The third kappa shape index (κ3) is 4.63. The summed E-state index contributed by atoms with van der Waals surface area (Å²) in [6.45, 7) is 3.69. The van der Waals surface area contributed by atoms with Crippen LogP contribution in [0.4, 0.5) is 5.69 Å². The molecule has 0 aliphatic carbocycles. The molecule has 0 saturated carbocycles. The van der Waals surface area contributed by atoms with Gasteiger partial charge in [0, 0.05) is 22.9 Å². The fourth-order valence-electron chi connectivity index (χ4n) is 2.10. The van der Waals surface area contributed by atoms with Crippen LogP contribution in [0.1, 0.15) is 21.7 Å². The van der Waals surface area contributed by atoms with Gasteiger partial charge in [-0.3, -0.25) is 9.59 Å². The predicted molar refractivity (Wildman–Crippen MR) is 93.4 cm³/mol. The second-order valence-electron chi connectivity index (χ2n) is 5.33. The van der Waals surface area contributed by atoms with E-state index in [-0.39, 0.29) is 18.4 Å². The average molecular weight is 376 g/mol. The van der Waals surface area contributed by atoms with Gasteiger partial charge in [0.15, 0.2) is 0 Å². The lowest BCUT2D eigenvalue weighted by molar-refractivity contribution is -0.116. The van der Waals surface area contributed by atoms with E-state index in [1.54, 1.807) is 19.2 Å². The normalized spacial score (nSPS) is 10.3. The van der Waals surface area contributed by atoms with E-state index in [9.17, 15) is 9.59 Å². The number of likely N-dealkylation sites (N-methyl/N-ethyl adjacent to an activating group) is 1. The van der Waals surface area contributed by atoms with Crippen molar-refractivity contribution in [3.05, 3.63) is 57.8 Å². The Morgan fingerprint density at radius 2 is 1.96 bits per heavy atom. The fraction of sp³-hybridized carbons (Fsp3) is 0.235. The number of hydrogen-bond acceptors (Lipinski definition) is 3. The number of hydrogen-bond donors (Lipinski definition) is 1.